The Morgan fingerprint density at radius 1 is 1.00 bits per heavy atom. The van der Waals surface area contributed by atoms with Gasteiger partial charge < -0.3 is 0 Å². The van der Waals surface area contributed by atoms with Crippen molar-refractivity contribution in [1.82, 2.24) is 0 Å². The summed E-state index contributed by atoms with van der Waals surface area (Å²) >= 11 is 0. The Kier molecular flexibility index (Phi) is 2.37. The molecule has 0 unspecified atom stereocenters. The summed E-state index contributed by atoms with van der Waals surface area (Å²) in [5, 5.41) is 0. The van der Waals surface area contributed by atoms with Crippen molar-refractivity contribution >= 4 is 11.6 Å². The van der Waals surface area contributed by atoms with Gasteiger partial charge in [0.05, 0.1) is 0 Å². The van der Waals surface area contributed by atoms with Crippen molar-refractivity contribution in [3.8, 4) is 0 Å². The lowest BCUT2D eigenvalue weighted by Crippen LogP contribution is -2.21. The van der Waals surface area contributed by atoms with E-state index in [1.807, 2.05) is 18.2 Å². The Morgan fingerprint density at radius 3 is 2.28 bits per heavy atom. The summed E-state index contributed by atoms with van der Waals surface area (Å²) in [4.78, 5) is 24.8. The minimum Gasteiger partial charge on any atom is -0.289 e. The molecule has 2 aliphatic rings. The van der Waals surface area contributed by atoms with Crippen LogP contribution in [0.15, 0.2) is 59.2 Å². The van der Waals surface area contributed by atoms with Crippen molar-refractivity contribution in [1.29, 1.82) is 0 Å². The van der Waals surface area contributed by atoms with Crippen molar-refractivity contribution < 1.29 is 9.59 Å². The molecule has 18 heavy (non-hydrogen) atoms. The van der Waals surface area contributed by atoms with E-state index in [9.17, 15) is 9.59 Å². The van der Waals surface area contributed by atoms with Gasteiger partial charge in [0.1, 0.15) is 0 Å². The molecule has 0 bridgehead atoms. The molecule has 88 valence electrons. The summed E-state index contributed by atoms with van der Waals surface area (Å²) in [5.41, 5.74) is 3.14. The second-order valence-electron chi connectivity index (χ2n) is 4.53. The number of benzene rings is 1. The van der Waals surface area contributed by atoms with Gasteiger partial charge in [0, 0.05) is 22.3 Å². The summed E-state index contributed by atoms with van der Waals surface area (Å²) in [5.74, 6) is -0.0642. The lowest BCUT2D eigenvalue weighted by Gasteiger charge is -2.19. The molecule has 0 saturated heterocycles. The smallest absolute Gasteiger partial charge is 0.194 e. The molecule has 3 rings (SSSR count). The lowest BCUT2D eigenvalue weighted by atomic mass is 9.81. The van der Waals surface area contributed by atoms with Crippen molar-refractivity contribution in [2.45, 2.75) is 13.3 Å². The largest absolute Gasteiger partial charge is 0.289 e. The summed E-state index contributed by atoms with van der Waals surface area (Å²) in [7, 11) is 0. The second kappa shape index (κ2) is 3.91. The molecule has 2 nitrogen and oxygen atoms in total. The molecule has 0 aromatic heterocycles. The van der Waals surface area contributed by atoms with Crippen LogP contribution in [0.4, 0.5) is 0 Å². The monoisotopic (exact) mass is 236 g/mol. The number of rotatable bonds is 1. The molecule has 0 N–H and O–H groups in total. The number of hydrogen-bond donors (Lipinski definition) is 0. The minimum atomic E-state index is -0.0343. The number of carbonyl (C=O) groups excluding carboxylic acids is 2. The van der Waals surface area contributed by atoms with E-state index in [1.54, 1.807) is 31.2 Å². The number of carbonyl (C=O) groups is 2. The van der Waals surface area contributed by atoms with Gasteiger partial charge in [-0.15, -0.1) is 0 Å². The van der Waals surface area contributed by atoms with Crippen LogP contribution in [0.25, 0.3) is 0 Å². The first-order valence-corrected chi connectivity index (χ1v) is 5.95. The Hall–Kier alpha value is -2.22. The quantitative estimate of drug-likeness (QED) is 0.750. The molecule has 2 heteroatoms. The van der Waals surface area contributed by atoms with Crippen LogP contribution >= 0.6 is 0 Å². The topological polar surface area (TPSA) is 34.1 Å². The number of hydrogen-bond acceptors (Lipinski definition) is 2. The molecule has 0 heterocycles. The van der Waals surface area contributed by atoms with Crippen LogP contribution in [-0.2, 0) is 0 Å². The lowest BCUT2D eigenvalue weighted by molar-refractivity contribution is 0.0976. The van der Waals surface area contributed by atoms with Crippen molar-refractivity contribution in [3.63, 3.8) is 0 Å². The summed E-state index contributed by atoms with van der Waals surface area (Å²) in [6.45, 7) is 1.74. The highest BCUT2D eigenvalue weighted by Gasteiger charge is 2.31. The normalized spacial score (nSPS) is 18.2. The third-order valence-corrected chi connectivity index (χ3v) is 3.45. The SMILES string of the molecule is CC1=C(C2=CC=CC2)C(=O)c2ccccc2C1=O. The van der Waals surface area contributed by atoms with Crippen LogP contribution in [-0.4, -0.2) is 11.6 Å². The predicted octanol–water partition coefficient (Wildman–Crippen LogP) is 3.27. The fourth-order valence-corrected chi connectivity index (χ4v) is 2.52. The predicted molar refractivity (Wildman–Crippen MR) is 69.6 cm³/mol. The highest BCUT2D eigenvalue weighted by atomic mass is 16.1. The van der Waals surface area contributed by atoms with E-state index in [0.29, 0.717) is 22.3 Å². The standard InChI is InChI=1S/C16H12O2/c1-10-14(11-6-2-3-7-11)16(18)13-9-5-4-8-12(13)15(10)17/h2-6,8-9H,7H2,1H3. The van der Waals surface area contributed by atoms with Gasteiger partial charge in [-0.2, -0.15) is 0 Å². The fraction of sp³-hybridized carbons (Fsp3) is 0.125. The maximum Gasteiger partial charge on any atom is 0.194 e. The first-order chi connectivity index (χ1) is 8.70. The van der Waals surface area contributed by atoms with Crippen LogP contribution in [0, 0.1) is 0 Å². The molecule has 1 aromatic rings. The van der Waals surface area contributed by atoms with Crippen LogP contribution in [0.2, 0.25) is 0 Å². The Morgan fingerprint density at radius 2 is 1.67 bits per heavy atom. The number of allylic oxidation sites excluding steroid dienone is 6. The van der Waals surface area contributed by atoms with Gasteiger partial charge in [0.25, 0.3) is 0 Å². The van der Waals surface area contributed by atoms with Crippen LogP contribution in [0.1, 0.15) is 34.1 Å². The summed E-state index contributed by atoms with van der Waals surface area (Å²) in [6, 6.07) is 7.03. The van der Waals surface area contributed by atoms with Gasteiger partial charge in [0.2, 0.25) is 0 Å². The average Bonchev–Trinajstić information content (AvgIpc) is 2.90. The van der Waals surface area contributed by atoms with Gasteiger partial charge in [-0.3, -0.25) is 9.59 Å². The molecular formula is C16H12O2. The Bertz CT molecular complexity index is 657. The molecule has 0 aliphatic heterocycles. The Balaban J connectivity index is 2.20. The van der Waals surface area contributed by atoms with Gasteiger partial charge in [0.15, 0.2) is 11.6 Å². The number of Topliss-reactive ketones (excluding diaryl/α,β-unsaturated/α-hetero) is 2. The molecular weight excluding hydrogens is 224 g/mol. The molecule has 0 atom stereocenters. The highest BCUT2D eigenvalue weighted by Crippen LogP contribution is 2.32. The van der Waals surface area contributed by atoms with Crippen LogP contribution < -0.4 is 0 Å². The van der Waals surface area contributed by atoms with Crippen molar-refractivity contribution in [3.05, 3.63) is 70.3 Å². The molecule has 0 spiro atoms. The van der Waals surface area contributed by atoms with Gasteiger partial charge >= 0.3 is 0 Å². The zero-order valence-electron chi connectivity index (χ0n) is 10.1. The first kappa shape index (κ1) is 10.9. The van der Waals surface area contributed by atoms with Gasteiger partial charge in [-0.25, -0.2) is 0 Å². The van der Waals surface area contributed by atoms with Gasteiger partial charge in [-0.05, 0) is 18.9 Å². The van der Waals surface area contributed by atoms with E-state index < -0.39 is 0 Å². The maximum absolute atomic E-state index is 12.5. The van der Waals surface area contributed by atoms with E-state index >= 15 is 0 Å². The maximum atomic E-state index is 12.5. The minimum absolute atomic E-state index is 0.0300. The number of ketones is 2. The molecule has 2 aliphatic carbocycles. The third-order valence-electron chi connectivity index (χ3n) is 3.45. The zero-order chi connectivity index (χ0) is 12.7. The van der Waals surface area contributed by atoms with E-state index in [-0.39, 0.29) is 11.6 Å². The molecule has 0 radical (unpaired) electrons. The fourth-order valence-electron chi connectivity index (χ4n) is 2.52. The second-order valence-corrected chi connectivity index (χ2v) is 4.53. The highest BCUT2D eigenvalue weighted by molar-refractivity contribution is 6.28. The van der Waals surface area contributed by atoms with Crippen LogP contribution in [0.5, 0.6) is 0 Å². The van der Waals surface area contributed by atoms with Crippen molar-refractivity contribution in [2.24, 2.45) is 0 Å². The van der Waals surface area contributed by atoms with E-state index in [4.69, 9.17) is 0 Å². The van der Waals surface area contributed by atoms with Crippen LogP contribution in [0.3, 0.4) is 0 Å². The summed E-state index contributed by atoms with van der Waals surface area (Å²) < 4.78 is 0. The molecule has 1 aromatic carbocycles. The zero-order valence-corrected chi connectivity index (χ0v) is 10.1. The van der Waals surface area contributed by atoms with E-state index in [1.165, 1.54) is 0 Å². The molecule has 0 amide bonds. The van der Waals surface area contributed by atoms with E-state index in [2.05, 4.69) is 0 Å². The molecule has 0 fully saturated rings. The first-order valence-electron chi connectivity index (χ1n) is 5.95. The van der Waals surface area contributed by atoms with E-state index in [0.717, 1.165) is 12.0 Å². The Labute approximate surface area is 105 Å². The van der Waals surface area contributed by atoms with Gasteiger partial charge in [-0.1, -0.05) is 42.5 Å². The average molecular weight is 236 g/mol. The molecule has 0 saturated carbocycles. The van der Waals surface area contributed by atoms with Crippen molar-refractivity contribution in [2.75, 3.05) is 0 Å². The summed E-state index contributed by atoms with van der Waals surface area (Å²) in [6.07, 6.45) is 6.56. The number of fused-ring (bicyclic) bond motifs is 1. The third kappa shape index (κ3) is 1.42.